The maximum Gasteiger partial charge on any atom is 0.122 e. The third-order valence-corrected chi connectivity index (χ3v) is 4.03. The maximum atomic E-state index is 6.28. The second kappa shape index (κ2) is 8.06. The first-order chi connectivity index (χ1) is 10.2. The zero-order chi connectivity index (χ0) is 15.1. The van der Waals surface area contributed by atoms with Crippen LogP contribution in [-0.4, -0.2) is 20.7 Å². The summed E-state index contributed by atoms with van der Waals surface area (Å²) in [7, 11) is 3.71. The zero-order valence-corrected chi connectivity index (χ0v) is 13.4. The average Bonchev–Trinajstić information content (AvgIpc) is 2.50. The molecule has 1 N–H and O–H groups in total. The number of benzene rings is 2. The number of rotatable bonds is 7. The van der Waals surface area contributed by atoms with Crippen LogP contribution in [0, 0.1) is 5.92 Å². The summed E-state index contributed by atoms with van der Waals surface area (Å²) >= 11 is 6.28. The lowest BCUT2D eigenvalue weighted by molar-refractivity contribution is 0.402. The van der Waals surface area contributed by atoms with Gasteiger partial charge in [-0.2, -0.15) is 0 Å². The summed E-state index contributed by atoms with van der Waals surface area (Å²) in [6, 6.07) is 16.3. The van der Waals surface area contributed by atoms with Crippen LogP contribution < -0.4 is 10.1 Å². The number of nitrogens with one attached hydrogen (secondary N) is 1. The largest absolute Gasteiger partial charge is 0.496 e. The molecular formula is C18H22ClNO. The molecule has 0 aliphatic heterocycles. The Labute approximate surface area is 132 Å². The normalized spacial score (nSPS) is 12.1. The SMILES string of the molecule is CNCC(Cc1ccccc1Cl)Cc1ccccc1OC. The molecule has 0 fully saturated rings. The lowest BCUT2D eigenvalue weighted by Crippen LogP contribution is -2.23. The first-order valence-corrected chi connectivity index (χ1v) is 7.62. The van der Waals surface area contributed by atoms with E-state index in [1.165, 1.54) is 11.1 Å². The summed E-state index contributed by atoms with van der Waals surface area (Å²) in [4.78, 5) is 0. The van der Waals surface area contributed by atoms with Crippen LogP contribution >= 0.6 is 11.6 Å². The minimum atomic E-state index is 0.478. The van der Waals surface area contributed by atoms with Gasteiger partial charge in [0, 0.05) is 5.02 Å². The van der Waals surface area contributed by atoms with Gasteiger partial charge >= 0.3 is 0 Å². The Bertz CT molecular complexity index is 571. The highest BCUT2D eigenvalue weighted by Crippen LogP contribution is 2.25. The molecule has 2 nitrogen and oxygen atoms in total. The first kappa shape index (κ1) is 15.9. The predicted molar refractivity (Wildman–Crippen MR) is 89.3 cm³/mol. The molecule has 0 saturated carbocycles. The van der Waals surface area contributed by atoms with Crippen LogP contribution in [0.2, 0.25) is 5.02 Å². The van der Waals surface area contributed by atoms with E-state index in [0.717, 1.165) is 30.2 Å². The van der Waals surface area contributed by atoms with Gasteiger partial charge in [0.2, 0.25) is 0 Å². The molecule has 0 bridgehead atoms. The van der Waals surface area contributed by atoms with Crippen LogP contribution in [0.5, 0.6) is 5.75 Å². The Morgan fingerprint density at radius 2 is 1.62 bits per heavy atom. The van der Waals surface area contributed by atoms with E-state index in [9.17, 15) is 0 Å². The van der Waals surface area contributed by atoms with Crippen molar-refractivity contribution in [3.05, 3.63) is 64.7 Å². The van der Waals surface area contributed by atoms with Gasteiger partial charge in [-0.1, -0.05) is 48.0 Å². The average molecular weight is 304 g/mol. The number of hydrogen-bond acceptors (Lipinski definition) is 2. The number of hydrogen-bond donors (Lipinski definition) is 1. The van der Waals surface area contributed by atoms with Crippen LogP contribution in [0.3, 0.4) is 0 Å². The Morgan fingerprint density at radius 3 is 2.29 bits per heavy atom. The molecule has 0 spiro atoms. The van der Waals surface area contributed by atoms with E-state index in [2.05, 4.69) is 23.5 Å². The van der Waals surface area contributed by atoms with E-state index in [1.54, 1.807) is 7.11 Å². The minimum absolute atomic E-state index is 0.478. The lowest BCUT2D eigenvalue weighted by Gasteiger charge is -2.19. The third kappa shape index (κ3) is 4.48. The number of ether oxygens (including phenoxy) is 1. The van der Waals surface area contributed by atoms with Crippen LogP contribution in [0.1, 0.15) is 11.1 Å². The van der Waals surface area contributed by atoms with Gasteiger partial charge < -0.3 is 10.1 Å². The van der Waals surface area contributed by atoms with Crippen LogP contribution in [0.4, 0.5) is 0 Å². The summed E-state index contributed by atoms with van der Waals surface area (Å²) in [6.07, 6.45) is 1.93. The van der Waals surface area contributed by atoms with Crippen molar-refractivity contribution in [3.8, 4) is 5.75 Å². The third-order valence-electron chi connectivity index (χ3n) is 3.66. The molecule has 1 unspecified atom stereocenters. The molecule has 0 amide bonds. The van der Waals surface area contributed by atoms with Crippen molar-refractivity contribution in [2.45, 2.75) is 12.8 Å². The van der Waals surface area contributed by atoms with Gasteiger partial charge in [-0.05, 0) is 55.6 Å². The standard InChI is InChI=1S/C18H22ClNO/c1-20-13-14(11-15-7-3-5-9-17(15)19)12-16-8-4-6-10-18(16)21-2/h3-10,14,20H,11-13H2,1-2H3. The summed E-state index contributed by atoms with van der Waals surface area (Å²) in [6.45, 7) is 0.948. The number of para-hydroxylation sites is 1. The summed E-state index contributed by atoms with van der Waals surface area (Å²) in [5.74, 6) is 1.43. The van der Waals surface area contributed by atoms with Gasteiger partial charge in [0.1, 0.15) is 5.75 Å². The minimum Gasteiger partial charge on any atom is -0.496 e. The summed E-state index contributed by atoms with van der Waals surface area (Å²) < 4.78 is 5.45. The highest BCUT2D eigenvalue weighted by atomic mass is 35.5. The smallest absolute Gasteiger partial charge is 0.122 e. The molecular weight excluding hydrogens is 282 g/mol. The van der Waals surface area contributed by atoms with E-state index in [4.69, 9.17) is 16.3 Å². The highest BCUT2D eigenvalue weighted by Gasteiger charge is 2.14. The van der Waals surface area contributed by atoms with Crippen LogP contribution in [0.25, 0.3) is 0 Å². The van der Waals surface area contributed by atoms with E-state index < -0.39 is 0 Å². The highest BCUT2D eigenvalue weighted by molar-refractivity contribution is 6.31. The Hall–Kier alpha value is -1.51. The van der Waals surface area contributed by atoms with Crippen molar-refractivity contribution in [2.75, 3.05) is 20.7 Å². The first-order valence-electron chi connectivity index (χ1n) is 7.24. The topological polar surface area (TPSA) is 21.3 Å². The van der Waals surface area contributed by atoms with Gasteiger partial charge in [-0.25, -0.2) is 0 Å². The van der Waals surface area contributed by atoms with Gasteiger partial charge in [-0.15, -0.1) is 0 Å². The van der Waals surface area contributed by atoms with Gasteiger partial charge in [0.05, 0.1) is 7.11 Å². The predicted octanol–water partition coefficient (Wildman–Crippen LogP) is 3.97. The van der Waals surface area contributed by atoms with Crippen LogP contribution in [-0.2, 0) is 12.8 Å². The molecule has 0 radical (unpaired) electrons. The molecule has 0 aliphatic carbocycles. The lowest BCUT2D eigenvalue weighted by atomic mass is 9.92. The molecule has 0 aliphatic rings. The van der Waals surface area contributed by atoms with Gasteiger partial charge in [0.25, 0.3) is 0 Å². The number of halogens is 1. The molecule has 112 valence electrons. The molecule has 0 heterocycles. The van der Waals surface area contributed by atoms with Crippen molar-refractivity contribution in [3.63, 3.8) is 0 Å². The quantitative estimate of drug-likeness (QED) is 0.835. The van der Waals surface area contributed by atoms with Crippen molar-refractivity contribution >= 4 is 11.6 Å². The number of methoxy groups -OCH3 is 1. The Morgan fingerprint density at radius 1 is 1.00 bits per heavy atom. The Kier molecular flexibility index (Phi) is 6.09. The maximum absolute atomic E-state index is 6.28. The molecule has 21 heavy (non-hydrogen) atoms. The second-order valence-electron chi connectivity index (χ2n) is 5.24. The summed E-state index contributed by atoms with van der Waals surface area (Å²) in [5.41, 5.74) is 2.45. The monoisotopic (exact) mass is 303 g/mol. The van der Waals surface area contributed by atoms with E-state index >= 15 is 0 Å². The zero-order valence-electron chi connectivity index (χ0n) is 12.6. The molecule has 2 aromatic rings. The fraction of sp³-hybridized carbons (Fsp3) is 0.333. The van der Waals surface area contributed by atoms with Crippen molar-refractivity contribution < 1.29 is 4.74 Å². The second-order valence-corrected chi connectivity index (χ2v) is 5.64. The van der Waals surface area contributed by atoms with Crippen molar-refractivity contribution in [1.82, 2.24) is 5.32 Å². The molecule has 0 saturated heterocycles. The fourth-order valence-corrected chi connectivity index (χ4v) is 2.88. The molecule has 1 atom stereocenters. The van der Waals surface area contributed by atoms with Crippen molar-refractivity contribution in [2.24, 2.45) is 5.92 Å². The van der Waals surface area contributed by atoms with E-state index in [1.807, 2.05) is 37.4 Å². The Balaban J connectivity index is 2.14. The summed E-state index contributed by atoms with van der Waals surface area (Å²) in [5, 5.41) is 4.13. The molecule has 3 heteroatoms. The molecule has 2 rings (SSSR count). The molecule has 2 aromatic carbocycles. The van der Waals surface area contributed by atoms with Crippen LogP contribution in [0.15, 0.2) is 48.5 Å². The van der Waals surface area contributed by atoms with Crippen molar-refractivity contribution in [1.29, 1.82) is 0 Å². The van der Waals surface area contributed by atoms with E-state index in [0.29, 0.717) is 5.92 Å². The molecule has 0 aromatic heterocycles. The van der Waals surface area contributed by atoms with Gasteiger partial charge in [0.15, 0.2) is 0 Å². The van der Waals surface area contributed by atoms with E-state index in [-0.39, 0.29) is 0 Å². The fourth-order valence-electron chi connectivity index (χ4n) is 2.66. The van der Waals surface area contributed by atoms with Gasteiger partial charge in [-0.3, -0.25) is 0 Å².